The third-order valence-corrected chi connectivity index (χ3v) is 4.69. The van der Waals surface area contributed by atoms with Crippen LogP contribution in [-0.2, 0) is 0 Å². The minimum atomic E-state index is 0.558. The zero-order valence-corrected chi connectivity index (χ0v) is 8.91. The van der Waals surface area contributed by atoms with Crippen LogP contribution in [0.1, 0.15) is 33.1 Å². The molecule has 1 nitrogen and oxygen atoms in total. The van der Waals surface area contributed by atoms with Gasteiger partial charge in [-0.05, 0) is 37.9 Å². The largest absolute Gasteiger partial charge is 0.312 e. The lowest BCUT2D eigenvalue weighted by Gasteiger charge is -2.22. The predicted molar refractivity (Wildman–Crippen MR) is 55.7 cm³/mol. The van der Waals surface area contributed by atoms with Crippen LogP contribution in [0.25, 0.3) is 0 Å². The Morgan fingerprint density at radius 1 is 1.58 bits per heavy atom. The Hall–Kier alpha value is 0.310. The molecular formula is C10H19NS. The van der Waals surface area contributed by atoms with Crippen LogP contribution < -0.4 is 5.32 Å². The van der Waals surface area contributed by atoms with E-state index in [1.165, 1.54) is 31.6 Å². The highest BCUT2D eigenvalue weighted by Gasteiger charge is 2.36. The third kappa shape index (κ3) is 1.97. The highest BCUT2D eigenvalue weighted by Crippen LogP contribution is 2.38. The first-order valence-corrected chi connectivity index (χ1v) is 6.05. The molecule has 2 heteroatoms. The molecule has 0 aromatic carbocycles. The van der Waals surface area contributed by atoms with Crippen LogP contribution >= 0.6 is 11.8 Å². The fourth-order valence-electron chi connectivity index (χ4n) is 1.93. The van der Waals surface area contributed by atoms with Crippen molar-refractivity contribution in [3.05, 3.63) is 0 Å². The smallest absolute Gasteiger partial charge is 0.0256 e. The minimum Gasteiger partial charge on any atom is -0.312 e. The van der Waals surface area contributed by atoms with Crippen LogP contribution in [0.4, 0.5) is 0 Å². The Bertz CT molecular complexity index is 163. The second-order valence-corrected chi connectivity index (χ2v) is 6.28. The molecule has 0 aromatic heterocycles. The molecule has 1 N–H and O–H groups in total. The Labute approximate surface area is 79.7 Å². The van der Waals surface area contributed by atoms with Crippen LogP contribution in [0.3, 0.4) is 0 Å². The van der Waals surface area contributed by atoms with E-state index in [9.17, 15) is 0 Å². The van der Waals surface area contributed by atoms with Crippen molar-refractivity contribution in [1.82, 2.24) is 5.32 Å². The van der Waals surface area contributed by atoms with E-state index >= 15 is 0 Å². The summed E-state index contributed by atoms with van der Waals surface area (Å²) in [6.45, 7) is 5.97. The van der Waals surface area contributed by atoms with Gasteiger partial charge >= 0.3 is 0 Å². The highest BCUT2D eigenvalue weighted by molar-refractivity contribution is 8.00. The Kier molecular flexibility index (Phi) is 2.39. The maximum Gasteiger partial charge on any atom is 0.0256 e. The normalized spacial score (nSPS) is 46.5. The van der Waals surface area contributed by atoms with Gasteiger partial charge in [0, 0.05) is 17.3 Å². The molecule has 0 aromatic rings. The van der Waals surface area contributed by atoms with E-state index in [1.807, 2.05) is 0 Å². The summed E-state index contributed by atoms with van der Waals surface area (Å²) in [7, 11) is 0. The second-order valence-electron chi connectivity index (χ2n) is 4.60. The summed E-state index contributed by atoms with van der Waals surface area (Å²) in [6.07, 6.45) is 4.23. The minimum absolute atomic E-state index is 0.558. The molecule has 2 rings (SSSR count). The SMILES string of the molecule is CC1CC1NCC1(C)CCCS1. The quantitative estimate of drug-likeness (QED) is 0.724. The van der Waals surface area contributed by atoms with E-state index in [4.69, 9.17) is 0 Å². The molecule has 1 saturated heterocycles. The molecule has 12 heavy (non-hydrogen) atoms. The van der Waals surface area contributed by atoms with Crippen molar-refractivity contribution < 1.29 is 0 Å². The molecule has 1 aliphatic carbocycles. The van der Waals surface area contributed by atoms with Gasteiger partial charge in [-0.1, -0.05) is 6.92 Å². The Morgan fingerprint density at radius 3 is 2.83 bits per heavy atom. The summed E-state index contributed by atoms with van der Waals surface area (Å²) in [5.41, 5.74) is 0. The molecule has 3 unspecified atom stereocenters. The first-order valence-electron chi connectivity index (χ1n) is 5.07. The summed E-state index contributed by atoms with van der Waals surface area (Å²) in [4.78, 5) is 0. The van der Waals surface area contributed by atoms with Crippen molar-refractivity contribution in [2.45, 2.75) is 43.9 Å². The molecule has 2 aliphatic rings. The average molecular weight is 185 g/mol. The van der Waals surface area contributed by atoms with Gasteiger partial charge in [-0.15, -0.1) is 0 Å². The zero-order chi connectivity index (χ0) is 8.60. The van der Waals surface area contributed by atoms with Gasteiger partial charge in [0.05, 0.1) is 0 Å². The summed E-state index contributed by atoms with van der Waals surface area (Å²) in [5, 5.41) is 3.67. The highest BCUT2D eigenvalue weighted by atomic mass is 32.2. The van der Waals surface area contributed by atoms with Crippen molar-refractivity contribution in [2.24, 2.45) is 5.92 Å². The monoisotopic (exact) mass is 185 g/mol. The molecule has 3 atom stereocenters. The second kappa shape index (κ2) is 3.22. The van der Waals surface area contributed by atoms with E-state index < -0.39 is 0 Å². The zero-order valence-electron chi connectivity index (χ0n) is 8.10. The maximum absolute atomic E-state index is 3.67. The van der Waals surface area contributed by atoms with Crippen molar-refractivity contribution in [3.8, 4) is 0 Å². The van der Waals surface area contributed by atoms with Gasteiger partial charge < -0.3 is 5.32 Å². The number of nitrogens with one attached hydrogen (secondary N) is 1. The first-order chi connectivity index (χ1) is 5.70. The van der Waals surface area contributed by atoms with Crippen LogP contribution in [-0.4, -0.2) is 23.1 Å². The van der Waals surface area contributed by atoms with E-state index in [-0.39, 0.29) is 0 Å². The molecule has 1 aliphatic heterocycles. The van der Waals surface area contributed by atoms with Gasteiger partial charge in [0.1, 0.15) is 0 Å². The van der Waals surface area contributed by atoms with Gasteiger partial charge in [0.15, 0.2) is 0 Å². The number of hydrogen-bond acceptors (Lipinski definition) is 2. The van der Waals surface area contributed by atoms with E-state index in [0.29, 0.717) is 4.75 Å². The summed E-state index contributed by atoms with van der Waals surface area (Å²) in [5.74, 6) is 2.32. The molecule has 70 valence electrons. The average Bonchev–Trinajstić information content (AvgIpc) is 2.55. The van der Waals surface area contributed by atoms with Crippen molar-refractivity contribution in [1.29, 1.82) is 0 Å². The summed E-state index contributed by atoms with van der Waals surface area (Å²) in [6, 6.07) is 0.850. The van der Waals surface area contributed by atoms with Crippen LogP contribution in [0.5, 0.6) is 0 Å². The fourth-order valence-corrected chi connectivity index (χ4v) is 3.19. The summed E-state index contributed by atoms with van der Waals surface area (Å²) < 4.78 is 0.558. The lowest BCUT2D eigenvalue weighted by molar-refractivity contribution is 0.526. The molecule has 0 amide bonds. The number of rotatable bonds is 3. The molecule has 1 heterocycles. The van der Waals surface area contributed by atoms with Gasteiger partial charge in [-0.2, -0.15) is 11.8 Å². The van der Waals surface area contributed by atoms with Crippen molar-refractivity contribution >= 4 is 11.8 Å². The van der Waals surface area contributed by atoms with Gasteiger partial charge in [-0.25, -0.2) is 0 Å². The van der Waals surface area contributed by atoms with Crippen molar-refractivity contribution in [3.63, 3.8) is 0 Å². The van der Waals surface area contributed by atoms with Gasteiger partial charge in [-0.3, -0.25) is 0 Å². The van der Waals surface area contributed by atoms with Crippen LogP contribution in [0.2, 0.25) is 0 Å². The molecular weight excluding hydrogens is 166 g/mol. The summed E-state index contributed by atoms with van der Waals surface area (Å²) >= 11 is 2.15. The lowest BCUT2D eigenvalue weighted by Crippen LogP contribution is -2.34. The number of hydrogen-bond donors (Lipinski definition) is 1. The van der Waals surface area contributed by atoms with Crippen LogP contribution in [0.15, 0.2) is 0 Å². The topological polar surface area (TPSA) is 12.0 Å². The van der Waals surface area contributed by atoms with Crippen molar-refractivity contribution in [2.75, 3.05) is 12.3 Å². The molecule has 0 radical (unpaired) electrons. The fraction of sp³-hybridized carbons (Fsp3) is 1.00. The standard InChI is InChI=1S/C10H19NS/c1-8-6-9(8)11-7-10(2)4-3-5-12-10/h8-9,11H,3-7H2,1-2H3. The Morgan fingerprint density at radius 2 is 2.33 bits per heavy atom. The molecule has 0 spiro atoms. The third-order valence-electron chi connectivity index (χ3n) is 3.15. The first kappa shape index (κ1) is 8.89. The van der Waals surface area contributed by atoms with E-state index in [1.54, 1.807) is 0 Å². The molecule has 0 bridgehead atoms. The van der Waals surface area contributed by atoms with E-state index in [2.05, 4.69) is 30.9 Å². The van der Waals surface area contributed by atoms with Gasteiger partial charge in [0.25, 0.3) is 0 Å². The number of thioether (sulfide) groups is 1. The molecule has 2 fully saturated rings. The Balaban J connectivity index is 1.71. The van der Waals surface area contributed by atoms with Gasteiger partial charge in [0.2, 0.25) is 0 Å². The van der Waals surface area contributed by atoms with E-state index in [0.717, 1.165) is 12.0 Å². The van der Waals surface area contributed by atoms with Crippen LogP contribution in [0, 0.1) is 5.92 Å². The molecule has 1 saturated carbocycles. The predicted octanol–water partition coefficient (Wildman–Crippen LogP) is 2.27. The maximum atomic E-state index is 3.67. The lowest BCUT2D eigenvalue weighted by atomic mass is 10.1.